The lowest BCUT2D eigenvalue weighted by molar-refractivity contribution is -0.123. The second-order valence-electron chi connectivity index (χ2n) is 8.19. The third kappa shape index (κ3) is 4.68. The fraction of sp³-hybridized carbons (Fsp3) is 0.941. The van der Waals surface area contributed by atoms with E-state index in [1.807, 2.05) is 0 Å². The quantitative estimate of drug-likeness (QED) is 0.788. The molecule has 0 radical (unpaired) electrons. The van der Waals surface area contributed by atoms with E-state index < -0.39 is 0 Å². The molecule has 2 aliphatic heterocycles. The number of hydrogen-bond donors (Lipinski definition) is 2. The van der Waals surface area contributed by atoms with Crippen LogP contribution in [0.5, 0.6) is 0 Å². The van der Waals surface area contributed by atoms with Crippen molar-refractivity contribution in [2.45, 2.75) is 71.0 Å². The summed E-state index contributed by atoms with van der Waals surface area (Å²) < 4.78 is 0. The zero-order valence-electron chi connectivity index (χ0n) is 14.4. The van der Waals surface area contributed by atoms with Gasteiger partial charge in [0.15, 0.2) is 0 Å². The summed E-state index contributed by atoms with van der Waals surface area (Å²) in [7, 11) is 4.17. The number of nitrogens with one attached hydrogen (secondary N) is 2. The Morgan fingerprint density at radius 2 is 1.86 bits per heavy atom. The van der Waals surface area contributed by atoms with Crippen LogP contribution < -0.4 is 10.6 Å². The first-order valence-electron chi connectivity index (χ1n) is 8.46. The van der Waals surface area contributed by atoms with Crippen LogP contribution in [0.1, 0.15) is 52.9 Å². The summed E-state index contributed by atoms with van der Waals surface area (Å²) >= 11 is 0. The topological polar surface area (TPSA) is 44.4 Å². The number of carbonyl (C=O) groups is 1. The molecule has 3 atom stereocenters. The Labute approximate surface area is 130 Å². The van der Waals surface area contributed by atoms with Gasteiger partial charge in [0.2, 0.25) is 5.91 Å². The lowest BCUT2D eigenvalue weighted by Gasteiger charge is -2.35. The number of carbonyl (C=O) groups excluding carboxylic acids is 1. The van der Waals surface area contributed by atoms with Crippen molar-refractivity contribution < 1.29 is 4.79 Å². The van der Waals surface area contributed by atoms with Crippen LogP contribution in [0.4, 0.5) is 0 Å². The number of piperidine rings is 1. The summed E-state index contributed by atoms with van der Waals surface area (Å²) in [6, 6.07) is 1.54. The van der Waals surface area contributed by atoms with Gasteiger partial charge in [-0.25, -0.2) is 0 Å². The molecule has 2 rings (SSSR count). The Kier molecular flexibility index (Phi) is 5.31. The molecule has 0 aromatic carbocycles. The van der Waals surface area contributed by atoms with Crippen molar-refractivity contribution in [2.24, 2.45) is 11.3 Å². The van der Waals surface area contributed by atoms with Crippen molar-refractivity contribution in [2.75, 3.05) is 20.6 Å². The van der Waals surface area contributed by atoms with Crippen LogP contribution in [0.3, 0.4) is 0 Å². The molecule has 2 saturated heterocycles. The monoisotopic (exact) mass is 295 g/mol. The number of fused-ring (bicyclic) bond motifs is 2. The lowest BCUT2D eigenvalue weighted by atomic mass is 9.84. The molecule has 1 amide bonds. The van der Waals surface area contributed by atoms with Gasteiger partial charge in [0.1, 0.15) is 0 Å². The van der Waals surface area contributed by atoms with Crippen molar-refractivity contribution in [3.05, 3.63) is 0 Å². The number of amides is 1. The molecule has 0 spiro atoms. The maximum atomic E-state index is 12.3. The molecule has 3 unspecified atom stereocenters. The van der Waals surface area contributed by atoms with E-state index in [1.165, 1.54) is 25.7 Å². The molecule has 21 heavy (non-hydrogen) atoms. The lowest BCUT2D eigenvalue weighted by Crippen LogP contribution is -2.48. The van der Waals surface area contributed by atoms with Crippen LogP contribution >= 0.6 is 0 Å². The second kappa shape index (κ2) is 6.66. The first-order chi connectivity index (χ1) is 9.76. The van der Waals surface area contributed by atoms with Crippen molar-refractivity contribution in [3.8, 4) is 0 Å². The average Bonchev–Trinajstić information content (AvgIpc) is 2.66. The van der Waals surface area contributed by atoms with Crippen LogP contribution in [0.2, 0.25) is 0 Å². The molecule has 2 fully saturated rings. The van der Waals surface area contributed by atoms with Gasteiger partial charge in [-0.1, -0.05) is 13.8 Å². The predicted octanol–water partition coefficient (Wildman–Crippen LogP) is 2.00. The Morgan fingerprint density at radius 1 is 1.29 bits per heavy atom. The van der Waals surface area contributed by atoms with Gasteiger partial charge < -0.3 is 15.5 Å². The zero-order chi connectivity index (χ0) is 15.6. The van der Waals surface area contributed by atoms with Crippen LogP contribution in [-0.2, 0) is 4.79 Å². The highest BCUT2D eigenvalue weighted by atomic mass is 16.1. The number of hydrogen-bond acceptors (Lipinski definition) is 3. The smallest absolute Gasteiger partial charge is 0.220 e. The Hall–Kier alpha value is -0.610. The van der Waals surface area contributed by atoms with Gasteiger partial charge in [-0.3, -0.25) is 4.79 Å². The molecule has 0 aliphatic carbocycles. The summed E-state index contributed by atoms with van der Waals surface area (Å²) in [6.45, 7) is 7.56. The summed E-state index contributed by atoms with van der Waals surface area (Å²) in [5.74, 6) is 0.813. The van der Waals surface area contributed by atoms with E-state index in [-0.39, 0.29) is 17.4 Å². The SMILES string of the molecule is CC(NC(=O)CC1CC2CCC(C1)N2)C(C)(C)CN(C)C. The minimum atomic E-state index is 0.0896. The molecule has 0 aromatic heterocycles. The van der Waals surface area contributed by atoms with E-state index in [9.17, 15) is 4.79 Å². The summed E-state index contributed by atoms with van der Waals surface area (Å²) in [4.78, 5) is 14.5. The van der Waals surface area contributed by atoms with E-state index in [1.54, 1.807) is 0 Å². The van der Waals surface area contributed by atoms with Crippen LogP contribution in [0.15, 0.2) is 0 Å². The first kappa shape index (κ1) is 16.8. The van der Waals surface area contributed by atoms with E-state index in [2.05, 4.69) is 50.4 Å². The summed E-state index contributed by atoms with van der Waals surface area (Å²) in [5.41, 5.74) is 0.0896. The minimum absolute atomic E-state index is 0.0896. The highest BCUT2D eigenvalue weighted by Crippen LogP contribution is 2.32. The van der Waals surface area contributed by atoms with Crippen molar-refractivity contribution in [1.82, 2.24) is 15.5 Å². The van der Waals surface area contributed by atoms with Gasteiger partial charge in [-0.15, -0.1) is 0 Å². The highest BCUT2D eigenvalue weighted by molar-refractivity contribution is 5.76. The Balaban J connectivity index is 1.78. The maximum Gasteiger partial charge on any atom is 0.220 e. The first-order valence-corrected chi connectivity index (χ1v) is 8.46. The molecule has 2 heterocycles. The Morgan fingerprint density at radius 3 is 2.38 bits per heavy atom. The molecule has 122 valence electrons. The minimum Gasteiger partial charge on any atom is -0.353 e. The molecule has 2 aliphatic rings. The van der Waals surface area contributed by atoms with Crippen LogP contribution in [0.25, 0.3) is 0 Å². The van der Waals surface area contributed by atoms with Crippen molar-refractivity contribution >= 4 is 5.91 Å². The van der Waals surface area contributed by atoms with Crippen molar-refractivity contribution in [3.63, 3.8) is 0 Å². The maximum absolute atomic E-state index is 12.3. The van der Waals surface area contributed by atoms with Gasteiger partial charge >= 0.3 is 0 Å². The average molecular weight is 295 g/mol. The normalized spacial score (nSPS) is 30.5. The van der Waals surface area contributed by atoms with Crippen LogP contribution in [0, 0.1) is 11.3 Å². The molecular formula is C17H33N3O. The van der Waals surface area contributed by atoms with Gasteiger partial charge in [0, 0.05) is 31.1 Å². The third-order valence-corrected chi connectivity index (χ3v) is 5.32. The van der Waals surface area contributed by atoms with Crippen molar-refractivity contribution in [1.29, 1.82) is 0 Å². The number of rotatable bonds is 6. The molecule has 4 nitrogen and oxygen atoms in total. The van der Waals surface area contributed by atoms with E-state index >= 15 is 0 Å². The molecule has 4 heteroatoms. The Bertz CT molecular complexity index is 355. The van der Waals surface area contributed by atoms with Crippen LogP contribution in [-0.4, -0.2) is 49.6 Å². The van der Waals surface area contributed by atoms with E-state index in [0.717, 1.165) is 6.54 Å². The van der Waals surface area contributed by atoms with Gasteiger partial charge in [-0.05, 0) is 58.0 Å². The van der Waals surface area contributed by atoms with E-state index in [4.69, 9.17) is 0 Å². The van der Waals surface area contributed by atoms with Gasteiger partial charge in [0.05, 0.1) is 0 Å². The standard InChI is InChI=1S/C17H33N3O/c1-12(17(2,3)11-20(4)5)18-16(21)10-13-8-14-6-7-15(9-13)19-14/h12-15,19H,6-11H2,1-5H3,(H,18,21). The second-order valence-corrected chi connectivity index (χ2v) is 8.19. The fourth-order valence-electron chi connectivity index (χ4n) is 4.05. The summed E-state index contributed by atoms with van der Waals surface area (Å²) in [6.07, 6.45) is 5.67. The van der Waals surface area contributed by atoms with Gasteiger partial charge in [0.25, 0.3) is 0 Å². The predicted molar refractivity (Wildman–Crippen MR) is 87.2 cm³/mol. The largest absolute Gasteiger partial charge is 0.353 e. The third-order valence-electron chi connectivity index (χ3n) is 5.32. The molecule has 2 N–H and O–H groups in total. The van der Waals surface area contributed by atoms with E-state index in [0.29, 0.717) is 24.4 Å². The number of nitrogens with zero attached hydrogens (tertiary/aromatic N) is 1. The zero-order valence-corrected chi connectivity index (χ0v) is 14.4. The molecule has 2 bridgehead atoms. The molecule has 0 saturated carbocycles. The molecule has 0 aromatic rings. The summed E-state index contributed by atoms with van der Waals surface area (Å²) in [5, 5.41) is 6.88. The highest BCUT2D eigenvalue weighted by Gasteiger charge is 2.35. The van der Waals surface area contributed by atoms with Gasteiger partial charge in [-0.2, -0.15) is 0 Å². The fourth-order valence-corrected chi connectivity index (χ4v) is 4.05. The molecular weight excluding hydrogens is 262 g/mol.